The van der Waals surface area contributed by atoms with Crippen molar-refractivity contribution >= 4 is 34.9 Å². The van der Waals surface area contributed by atoms with Gasteiger partial charge in [0, 0.05) is 48.5 Å². The summed E-state index contributed by atoms with van der Waals surface area (Å²) >= 11 is 5.98. The maximum atomic E-state index is 12.9. The van der Waals surface area contributed by atoms with Crippen molar-refractivity contribution in [3.63, 3.8) is 0 Å². The van der Waals surface area contributed by atoms with E-state index in [1.54, 1.807) is 23.0 Å². The summed E-state index contributed by atoms with van der Waals surface area (Å²) in [6.07, 6.45) is 2.58. The highest BCUT2D eigenvalue weighted by atomic mass is 35.5. The van der Waals surface area contributed by atoms with E-state index in [4.69, 9.17) is 11.6 Å². The van der Waals surface area contributed by atoms with E-state index in [9.17, 15) is 4.79 Å². The number of aromatic amines is 1. The highest BCUT2D eigenvalue weighted by Crippen LogP contribution is 2.25. The Balaban J connectivity index is 0.00000205. The first-order valence-electron chi connectivity index (χ1n) is 9.33. The molecule has 1 aliphatic heterocycles. The van der Waals surface area contributed by atoms with Crippen molar-refractivity contribution in [3.05, 3.63) is 93.0 Å². The molecule has 148 valence electrons. The lowest BCUT2D eigenvalue weighted by molar-refractivity contribution is 0.244. The van der Waals surface area contributed by atoms with Gasteiger partial charge in [-0.05, 0) is 29.8 Å². The van der Waals surface area contributed by atoms with Crippen molar-refractivity contribution in [3.8, 4) is 5.69 Å². The molecule has 3 heterocycles. The van der Waals surface area contributed by atoms with E-state index in [1.165, 1.54) is 5.56 Å². The van der Waals surface area contributed by atoms with Gasteiger partial charge < -0.3 is 0 Å². The van der Waals surface area contributed by atoms with Crippen LogP contribution in [-0.2, 0) is 19.5 Å². The van der Waals surface area contributed by atoms with Crippen molar-refractivity contribution < 1.29 is 0 Å². The summed E-state index contributed by atoms with van der Waals surface area (Å²) in [6.45, 7) is 2.62. The van der Waals surface area contributed by atoms with Gasteiger partial charge in [-0.3, -0.25) is 19.8 Å². The number of benzene rings is 2. The summed E-state index contributed by atoms with van der Waals surface area (Å²) in [7, 11) is 0. The minimum atomic E-state index is -0.0900. The molecular weight excluding hydrogens is 407 g/mol. The van der Waals surface area contributed by atoms with E-state index in [-0.39, 0.29) is 18.0 Å². The monoisotopic (exact) mass is 426 g/mol. The van der Waals surface area contributed by atoms with Gasteiger partial charge in [-0.1, -0.05) is 41.9 Å². The fraction of sp³-hybridized carbons (Fsp3) is 0.182. The summed E-state index contributed by atoms with van der Waals surface area (Å²) in [5.41, 5.74) is 5.02. The number of fused-ring (bicyclic) bond motifs is 3. The summed E-state index contributed by atoms with van der Waals surface area (Å²) in [4.78, 5) is 19.9. The molecule has 5 rings (SSSR count). The second-order valence-electron chi connectivity index (χ2n) is 7.15. The number of hydrogen-bond donors (Lipinski definition) is 1. The Morgan fingerprint density at radius 2 is 1.83 bits per heavy atom. The molecule has 0 unspecified atom stereocenters. The van der Waals surface area contributed by atoms with E-state index in [1.807, 2.05) is 18.2 Å². The maximum Gasteiger partial charge on any atom is 0.280 e. The normalized spacial score (nSPS) is 13.8. The second-order valence-corrected chi connectivity index (χ2v) is 7.58. The first-order valence-corrected chi connectivity index (χ1v) is 9.70. The molecule has 0 atom stereocenters. The van der Waals surface area contributed by atoms with Gasteiger partial charge in [0.25, 0.3) is 5.56 Å². The number of halogens is 2. The topological polar surface area (TPSA) is 53.9 Å². The highest BCUT2D eigenvalue weighted by Gasteiger charge is 2.22. The van der Waals surface area contributed by atoms with E-state index in [0.29, 0.717) is 10.4 Å². The van der Waals surface area contributed by atoms with Crippen LogP contribution in [0.5, 0.6) is 0 Å². The predicted molar refractivity (Wildman–Crippen MR) is 118 cm³/mol. The molecule has 2 aromatic carbocycles. The molecule has 0 saturated heterocycles. The maximum absolute atomic E-state index is 12.9. The van der Waals surface area contributed by atoms with Crippen molar-refractivity contribution in [2.75, 3.05) is 6.54 Å². The first-order chi connectivity index (χ1) is 13.7. The van der Waals surface area contributed by atoms with Gasteiger partial charge in [-0.15, -0.1) is 12.4 Å². The third kappa shape index (κ3) is 3.69. The van der Waals surface area contributed by atoms with Crippen molar-refractivity contribution in [1.29, 1.82) is 0 Å². The molecule has 0 amide bonds. The van der Waals surface area contributed by atoms with Gasteiger partial charge in [0.15, 0.2) is 0 Å². The summed E-state index contributed by atoms with van der Waals surface area (Å²) in [5, 5.41) is 4.57. The third-order valence-electron chi connectivity index (χ3n) is 5.31. The molecule has 4 aromatic rings. The average molecular weight is 427 g/mol. The zero-order chi connectivity index (χ0) is 19.1. The van der Waals surface area contributed by atoms with Crippen LogP contribution in [0.4, 0.5) is 0 Å². The van der Waals surface area contributed by atoms with Crippen LogP contribution in [0, 0.1) is 0 Å². The minimum absolute atomic E-state index is 0. The van der Waals surface area contributed by atoms with E-state index >= 15 is 0 Å². The number of pyridine rings is 1. The van der Waals surface area contributed by atoms with E-state index < -0.39 is 0 Å². The highest BCUT2D eigenvalue weighted by molar-refractivity contribution is 6.30. The SMILES string of the molecule is Cl.O=c1c2cnc3c(c2[nH]n1-c1ccc(Cl)cc1)CN(Cc1ccccc1)CC3. The molecule has 29 heavy (non-hydrogen) atoms. The molecule has 7 heteroatoms. The van der Waals surface area contributed by atoms with Gasteiger partial charge in [-0.25, -0.2) is 4.68 Å². The van der Waals surface area contributed by atoms with Crippen LogP contribution in [0.25, 0.3) is 16.6 Å². The number of aromatic nitrogens is 3. The molecule has 0 spiro atoms. The van der Waals surface area contributed by atoms with Gasteiger partial charge >= 0.3 is 0 Å². The summed E-state index contributed by atoms with van der Waals surface area (Å²) in [5.74, 6) is 0. The fourth-order valence-corrected chi connectivity index (χ4v) is 3.99. The molecule has 1 aliphatic rings. The molecule has 0 radical (unpaired) electrons. The van der Waals surface area contributed by atoms with Crippen LogP contribution in [0.15, 0.2) is 65.6 Å². The Labute approximate surface area is 179 Å². The molecule has 0 fully saturated rings. The lowest BCUT2D eigenvalue weighted by Crippen LogP contribution is -2.30. The smallest absolute Gasteiger partial charge is 0.280 e. The van der Waals surface area contributed by atoms with Gasteiger partial charge in [-0.2, -0.15) is 0 Å². The van der Waals surface area contributed by atoms with Crippen molar-refractivity contribution in [2.45, 2.75) is 19.5 Å². The van der Waals surface area contributed by atoms with Gasteiger partial charge in [0.2, 0.25) is 0 Å². The first kappa shape index (κ1) is 19.7. The number of nitrogens with zero attached hydrogens (tertiary/aromatic N) is 3. The standard InChI is InChI=1S/C22H19ClN4O.ClH/c23-16-6-8-17(9-7-16)27-22(28)18-12-24-20-10-11-26(14-19(20)21(18)25-27)13-15-4-2-1-3-5-15;/h1-9,12,25H,10-11,13-14H2;1H. The largest absolute Gasteiger partial charge is 0.294 e. The second kappa shape index (κ2) is 8.03. The lowest BCUT2D eigenvalue weighted by atomic mass is 10.0. The van der Waals surface area contributed by atoms with Gasteiger partial charge in [0.05, 0.1) is 16.6 Å². The van der Waals surface area contributed by atoms with Crippen LogP contribution in [0.2, 0.25) is 5.02 Å². The van der Waals surface area contributed by atoms with E-state index in [2.05, 4.69) is 39.2 Å². The number of hydrogen-bond acceptors (Lipinski definition) is 3. The lowest BCUT2D eigenvalue weighted by Gasteiger charge is -2.28. The molecular formula is C22H20Cl2N4O. The van der Waals surface area contributed by atoms with Gasteiger partial charge in [0.1, 0.15) is 0 Å². The van der Waals surface area contributed by atoms with Crippen molar-refractivity contribution in [2.24, 2.45) is 0 Å². The van der Waals surface area contributed by atoms with Crippen LogP contribution < -0.4 is 5.56 Å². The van der Waals surface area contributed by atoms with Crippen LogP contribution >= 0.6 is 24.0 Å². The zero-order valence-corrected chi connectivity index (χ0v) is 17.2. The van der Waals surface area contributed by atoms with Crippen LogP contribution in [0.3, 0.4) is 0 Å². The van der Waals surface area contributed by atoms with E-state index in [0.717, 1.165) is 48.5 Å². The Morgan fingerprint density at radius 1 is 1.07 bits per heavy atom. The summed E-state index contributed by atoms with van der Waals surface area (Å²) in [6, 6.07) is 17.7. The Kier molecular flexibility index (Phi) is 5.46. The Bertz CT molecular complexity index is 1200. The third-order valence-corrected chi connectivity index (χ3v) is 5.56. The Morgan fingerprint density at radius 3 is 2.59 bits per heavy atom. The van der Waals surface area contributed by atoms with Crippen LogP contribution in [0.1, 0.15) is 16.8 Å². The molecule has 0 bridgehead atoms. The minimum Gasteiger partial charge on any atom is -0.294 e. The quantitative estimate of drug-likeness (QED) is 0.529. The predicted octanol–water partition coefficient (Wildman–Crippen LogP) is 4.35. The van der Waals surface area contributed by atoms with Crippen LogP contribution in [-0.4, -0.2) is 26.2 Å². The molecule has 2 aromatic heterocycles. The number of H-pyrrole nitrogens is 1. The molecule has 1 N–H and O–H groups in total. The van der Waals surface area contributed by atoms with Crippen molar-refractivity contribution in [1.82, 2.24) is 19.7 Å². The fourth-order valence-electron chi connectivity index (χ4n) is 3.87. The molecule has 5 nitrogen and oxygen atoms in total. The molecule has 0 aliphatic carbocycles. The zero-order valence-electron chi connectivity index (χ0n) is 15.6. The number of rotatable bonds is 3. The average Bonchev–Trinajstić information content (AvgIpc) is 3.06. The Hall–Kier alpha value is -2.60. The number of nitrogens with one attached hydrogen (secondary N) is 1. The summed E-state index contributed by atoms with van der Waals surface area (Å²) < 4.78 is 1.57. The molecule has 0 saturated carbocycles.